The van der Waals surface area contributed by atoms with Crippen molar-refractivity contribution in [2.75, 3.05) is 19.7 Å². The number of benzene rings is 1. The molecular weight excluding hydrogens is 380 g/mol. The van der Waals surface area contributed by atoms with Gasteiger partial charge in [0.25, 0.3) is 5.91 Å². The molecule has 1 aromatic carbocycles. The molecule has 156 valence electrons. The lowest BCUT2D eigenvalue weighted by atomic mass is 10.2. The zero-order chi connectivity index (χ0) is 20.9. The minimum atomic E-state index is -3.54. The lowest BCUT2D eigenvalue weighted by molar-refractivity contribution is -0.138. The van der Waals surface area contributed by atoms with E-state index in [0.29, 0.717) is 13.1 Å². The summed E-state index contributed by atoms with van der Waals surface area (Å²) in [6, 6.07) is 5.68. The van der Waals surface area contributed by atoms with Gasteiger partial charge in [0.15, 0.2) is 6.61 Å². The molecule has 8 heteroatoms. The molecule has 0 spiro atoms. The van der Waals surface area contributed by atoms with Gasteiger partial charge in [-0.2, -0.15) is 4.31 Å². The van der Waals surface area contributed by atoms with Crippen LogP contribution in [-0.4, -0.2) is 61.3 Å². The molecule has 7 nitrogen and oxygen atoms in total. The minimum absolute atomic E-state index is 0.00507. The molecule has 28 heavy (non-hydrogen) atoms. The van der Waals surface area contributed by atoms with Crippen LogP contribution in [0.15, 0.2) is 29.2 Å². The van der Waals surface area contributed by atoms with Gasteiger partial charge in [-0.25, -0.2) is 13.2 Å². The van der Waals surface area contributed by atoms with Gasteiger partial charge in [0.1, 0.15) is 0 Å². The van der Waals surface area contributed by atoms with Crippen LogP contribution in [0.3, 0.4) is 0 Å². The van der Waals surface area contributed by atoms with Gasteiger partial charge in [-0.1, -0.05) is 6.42 Å². The monoisotopic (exact) mass is 410 g/mol. The van der Waals surface area contributed by atoms with Gasteiger partial charge in [0, 0.05) is 25.2 Å². The standard InChI is InChI=1S/C20H30N2O5S/c1-15(2)22(16(3)4)19(23)14-27-20(24)17-8-10-18(11-9-17)28(25,26)21-12-6-5-7-13-21/h8-11,15-16H,5-7,12-14H2,1-4H3. The van der Waals surface area contributed by atoms with Crippen molar-refractivity contribution in [3.63, 3.8) is 0 Å². The van der Waals surface area contributed by atoms with Crippen LogP contribution in [-0.2, 0) is 19.6 Å². The predicted octanol–water partition coefficient (Wildman–Crippen LogP) is 2.66. The van der Waals surface area contributed by atoms with E-state index < -0.39 is 16.0 Å². The Morgan fingerprint density at radius 2 is 1.54 bits per heavy atom. The summed E-state index contributed by atoms with van der Waals surface area (Å²) < 4.78 is 31.9. The number of amides is 1. The molecule has 0 N–H and O–H groups in total. The van der Waals surface area contributed by atoms with E-state index in [1.165, 1.54) is 28.6 Å². The van der Waals surface area contributed by atoms with E-state index in [9.17, 15) is 18.0 Å². The number of nitrogens with zero attached hydrogens (tertiary/aromatic N) is 2. The molecule has 0 aliphatic carbocycles. The zero-order valence-electron chi connectivity index (χ0n) is 17.1. The molecule has 1 aliphatic heterocycles. The first kappa shape index (κ1) is 22.4. The number of esters is 1. The Balaban J connectivity index is 2.01. The quantitative estimate of drug-likeness (QED) is 0.645. The second-order valence-corrected chi connectivity index (χ2v) is 9.49. The molecule has 2 rings (SSSR count). The summed E-state index contributed by atoms with van der Waals surface area (Å²) >= 11 is 0. The largest absolute Gasteiger partial charge is 0.452 e. The highest BCUT2D eigenvalue weighted by atomic mass is 32.2. The van der Waals surface area contributed by atoms with Crippen LogP contribution >= 0.6 is 0 Å². The molecule has 1 aromatic rings. The van der Waals surface area contributed by atoms with Crippen molar-refractivity contribution in [2.45, 2.75) is 63.9 Å². The van der Waals surface area contributed by atoms with E-state index in [2.05, 4.69) is 0 Å². The first-order valence-corrected chi connectivity index (χ1v) is 11.2. The molecule has 1 saturated heterocycles. The maximum atomic E-state index is 12.6. The van der Waals surface area contributed by atoms with Crippen LogP contribution in [0.5, 0.6) is 0 Å². The minimum Gasteiger partial charge on any atom is -0.452 e. The molecule has 0 aromatic heterocycles. The van der Waals surface area contributed by atoms with Crippen molar-refractivity contribution in [1.82, 2.24) is 9.21 Å². The van der Waals surface area contributed by atoms with Crippen molar-refractivity contribution >= 4 is 21.9 Å². The first-order chi connectivity index (χ1) is 13.1. The maximum absolute atomic E-state index is 12.6. The van der Waals surface area contributed by atoms with Crippen molar-refractivity contribution in [3.05, 3.63) is 29.8 Å². The number of hydrogen-bond donors (Lipinski definition) is 0. The summed E-state index contributed by atoms with van der Waals surface area (Å²) in [5, 5.41) is 0. The molecule has 0 unspecified atom stereocenters. The van der Waals surface area contributed by atoms with Gasteiger partial charge in [-0.05, 0) is 64.8 Å². The van der Waals surface area contributed by atoms with E-state index >= 15 is 0 Å². The fourth-order valence-corrected chi connectivity index (χ4v) is 4.99. The number of hydrogen-bond acceptors (Lipinski definition) is 5. The molecule has 1 amide bonds. The third-order valence-corrected chi connectivity index (χ3v) is 6.68. The highest BCUT2D eigenvalue weighted by Gasteiger charge is 2.26. The lowest BCUT2D eigenvalue weighted by Crippen LogP contribution is -2.44. The Hall–Kier alpha value is -1.93. The maximum Gasteiger partial charge on any atom is 0.338 e. The first-order valence-electron chi connectivity index (χ1n) is 9.73. The van der Waals surface area contributed by atoms with Crippen LogP contribution in [0.4, 0.5) is 0 Å². The zero-order valence-corrected chi connectivity index (χ0v) is 17.9. The van der Waals surface area contributed by atoms with Crippen LogP contribution < -0.4 is 0 Å². The van der Waals surface area contributed by atoms with E-state index in [1.54, 1.807) is 4.90 Å². The van der Waals surface area contributed by atoms with E-state index in [4.69, 9.17) is 4.74 Å². The summed E-state index contributed by atoms with van der Waals surface area (Å²) in [4.78, 5) is 26.3. The number of ether oxygens (including phenoxy) is 1. The van der Waals surface area contributed by atoms with Gasteiger partial charge in [-0.3, -0.25) is 4.79 Å². The highest BCUT2D eigenvalue weighted by molar-refractivity contribution is 7.89. The molecular formula is C20H30N2O5S. The van der Waals surface area contributed by atoms with E-state index in [1.807, 2.05) is 27.7 Å². The Morgan fingerprint density at radius 3 is 2.04 bits per heavy atom. The lowest BCUT2D eigenvalue weighted by Gasteiger charge is -2.30. The third-order valence-electron chi connectivity index (χ3n) is 4.77. The summed E-state index contributed by atoms with van der Waals surface area (Å²) in [6.07, 6.45) is 2.77. The van der Waals surface area contributed by atoms with Gasteiger partial charge in [0.2, 0.25) is 10.0 Å². The van der Waals surface area contributed by atoms with E-state index in [-0.39, 0.29) is 35.1 Å². The van der Waals surface area contributed by atoms with Crippen LogP contribution in [0, 0.1) is 0 Å². The van der Waals surface area contributed by atoms with E-state index in [0.717, 1.165) is 19.3 Å². The number of sulfonamides is 1. The van der Waals surface area contributed by atoms with Crippen LogP contribution in [0.25, 0.3) is 0 Å². The van der Waals surface area contributed by atoms with Gasteiger partial charge >= 0.3 is 5.97 Å². The fourth-order valence-electron chi connectivity index (χ4n) is 3.47. The fraction of sp³-hybridized carbons (Fsp3) is 0.600. The van der Waals surface area contributed by atoms with Crippen LogP contribution in [0.2, 0.25) is 0 Å². The van der Waals surface area contributed by atoms with Gasteiger partial charge < -0.3 is 9.64 Å². The normalized spacial score (nSPS) is 15.6. The number of piperidine rings is 1. The molecule has 1 heterocycles. The number of carbonyl (C=O) groups excluding carboxylic acids is 2. The molecule has 1 aliphatic rings. The van der Waals surface area contributed by atoms with Crippen molar-refractivity contribution in [1.29, 1.82) is 0 Å². The molecule has 0 atom stereocenters. The Morgan fingerprint density at radius 1 is 1.00 bits per heavy atom. The second-order valence-electron chi connectivity index (χ2n) is 7.55. The summed E-state index contributed by atoms with van der Waals surface area (Å²) in [7, 11) is -3.54. The molecule has 0 saturated carbocycles. The van der Waals surface area contributed by atoms with Gasteiger partial charge in [-0.15, -0.1) is 0 Å². The third kappa shape index (κ3) is 5.32. The molecule has 0 bridgehead atoms. The number of rotatable bonds is 7. The topological polar surface area (TPSA) is 84.0 Å². The summed E-state index contributed by atoms with van der Waals surface area (Å²) in [6.45, 7) is 8.32. The summed E-state index contributed by atoms with van der Waals surface area (Å²) in [5.41, 5.74) is 0.214. The second kappa shape index (κ2) is 9.52. The smallest absolute Gasteiger partial charge is 0.338 e. The average Bonchev–Trinajstić information content (AvgIpc) is 2.66. The summed E-state index contributed by atoms with van der Waals surface area (Å²) in [5.74, 6) is -0.912. The van der Waals surface area contributed by atoms with Crippen molar-refractivity contribution < 1.29 is 22.7 Å². The van der Waals surface area contributed by atoms with Gasteiger partial charge in [0.05, 0.1) is 10.5 Å². The predicted molar refractivity (Wildman–Crippen MR) is 106 cm³/mol. The average molecular weight is 411 g/mol. The molecule has 0 radical (unpaired) electrons. The Kier molecular flexibility index (Phi) is 7.60. The van der Waals surface area contributed by atoms with Crippen LogP contribution in [0.1, 0.15) is 57.3 Å². The number of carbonyl (C=O) groups is 2. The Labute approximate surface area is 167 Å². The van der Waals surface area contributed by atoms with Crippen molar-refractivity contribution in [3.8, 4) is 0 Å². The highest BCUT2D eigenvalue weighted by Crippen LogP contribution is 2.21. The Bertz CT molecular complexity index is 773. The van der Waals surface area contributed by atoms with Crippen molar-refractivity contribution in [2.24, 2.45) is 0 Å². The SMILES string of the molecule is CC(C)N(C(=O)COC(=O)c1ccc(S(=O)(=O)N2CCCCC2)cc1)C(C)C. The molecule has 1 fully saturated rings.